The van der Waals surface area contributed by atoms with Gasteiger partial charge in [-0.3, -0.25) is 0 Å². The maximum absolute atomic E-state index is 15.3. The van der Waals surface area contributed by atoms with Gasteiger partial charge in [-0.05, 0) is 82.8 Å². The second kappa shape index (κ2) is 16.6. The van der Waals surface area contributed by atoms with Crippen LogP contribution in [0.4, 0.5) is 16.0 Å². The van der Waals surface area contributed by atoms with E-state index in [2.05, 4.69) is 35.4 Å². The summed E-state index contributed by atoms with van der Waals surface area (Å²) in [5, 5.41) is 7.98. The molecule has 1 aromatic heterocycles. The summed E-state index contributed by atoms with van der Waals surface area (Å²) >= 11 is 1.47. The zero-order chi connectivity index (χ0) is 27.8. The number of anilines is 1. The number of thioether (sulfide) groups is 1. The number of hydrogen-bond donors (Lipinski definition) is 2. The minimum Gasteiger partial charge on any atom is -0.460 e. The summed E-state index contributed by atoms with van der Waals surface area (Å²) in [5.74, 6) is 1.04. The van der Waals surface area contributed by atoms with Crippen LogP contribution >= 0.6 is 11.8 Å². The first-order valence-electron chi connectivity index (χ1n) is 13.1. The van der Waals surface area contributed by atoms with Gasteiger partial charge in [0.05, 0.1) is 10.6 Å². The van der Waals surface area contributed by atoms with Gasteiger partial charge in [0.25, 0.3) is 0 Å². The van der Waals surface area contributed by atoms with Crippen molar-refractivity contribution in [3.05, 3.63) is 64.0 Å². The van der Waals surface area contributed by atoms with Crippen LogP contribution in [0.1, 0.15) is 65.1 Å². The SMILES string of the molecule is C=C(C)S/C(=C(/Oc1ccc(NS(=O)C(C)C)c(F)c1C)C(C)CC)c1ccnc([N-]C2CCCNC2)n1.[K+]. The van der Waals surface area contributed by atoms with Crippen LogP contribution in [0.2, 0.25) is 0 Å². The number of nitrogens with zero attached hydrogens (tertiary/aromatic N) is 3. The molecule has 0 bridgehead atoms. The zero-order valence-corrected chi connectivity index (χ0v) is 28.9. The van der Waals surface area contributed by atoms with E-state index >= 15 is 4.39 Å². The van der Waals surface area contributed by atoms with E-state index in [1.807, 2.05) is 26.8 Å². The predicted molar refractivity (Wildman–Crippen MR) is 158 cm³/mol. The number of piperidine rings is 1. The summed E-state index contributed by atoms with van der Waals surface area (Å²) in [7, 11) is -1.39. The summed E-state index contributed by atoms with van der Waals surface area (Å²) < 4.78 is 36.7. The molecule has 1 aliphatic heterocycles. The Balaban J connectivity index is 0.00000533. The summed E-state index contributed by atoms with van der Waals surface area (Å²) in [6, 6.07) is 5.27. The van der Waals surface area contributed by atoms with Gasteiger partial charge in [-0.2, -0.15) is 0 Å². The van der Waals surface area contributed by atoms with E-state index in [-0.39, 0.29) is 74.3 Å². The smallest absolute Gasteiger partial charge is 0.460 e. The Hall–Kier alpha value is -0.794. The molecule has 3 rings (SSSR count). The van der Waals surface area contributed by atoms with Crippen LogP contribution in [-0.2, 0) is 11.0 Å². The third-order valence-corrected chi connectivity index (χ3v) is 8.44. The molecule has 2 heterocycles. The van der Waals surface area contributed by atoms with Crippen LogP contribution in [-0.4, -0.2) is 38.6 Å². The van der Waals surface area contributed by atoms with Gasteiger partial charge in [0.15, 0.2) is 5.82 Å². The van der Waals surface area contributed by atoms with Gasteiger partial charge in [-0.15, -0.1) is 0 Å². The van der Waals surface area contributed by atoms with Crippen molar-refractivity contribution in [2.24, 2.45) is 5.92 Å². The van der Waals surface area contributed by atoms with E-state index < -0.39 is 16.8 Å². The van der Waals surface area contributed by atoms with Gasteiger partial charge in [0.1, 0.15) is 22.5 Å². The molecule has 0 spiro atoms. The Morgan fingerprint density at radius 2 is 2.10 bits per heavy atom. The van der Waals surface area contributed by atoms with Crippen LogP contribution in [0, 0.1) is 18.7 Å². The van der Waals surface area contributed by atoms with Crippen molar-refractivity contribution in [2.45, 2.75) is 72.1 Å². The van der Waals surface area contributed by atoms with Crippen LogP contribution in [0.3, 0.4) is 0 Å². The number of halogens is 1. The minimum absolute atomic E-state index is 0. The van der Waals surface area contributed by atoms with E-state index in [1.165, 1.54) is 11.8 Å². The molecule has 1 saturated heterocycles. The van der Waals surface area contributed by atoms with Crippen molar-refractivity contribution < 1.29 is 64.7 Å². The molecule has 2 N–H and O–H groups in total. The topological polar surface area (TPSA) is 90.2 Å². The van der Waals surface area contributed by atoms with Gasteiger partial charge >= 0.3 is 51.4 Å². The van der Waals surface area contributed by atoms with Gasteiger partial charge in [-0.1, -0.05) is 32.2 Å². The molecule has 39 heavy (non-hydrogen) atoms. The van der Waals surface area contributed by atoms with Crippen molar-refractivity contribution in [3.8, 4) is 5.75 Å². The molecule has 0 saturated carbocycles. The monoisotopic (exact) mass is 599 g/mol. The minimum atomic E-state index is -1.39. The van der Waals surface area contributed by atoms with Crippen molar-refractivity contribution in [3.63, 3.8) is 0 Å². The first-order valence-corrected chi connectivity index (χ1v) is 15.1. The molecule has 1 fully saturated rings. The molecule has 1 aliphatic rings. The van der Waals surface area contributed by atoms with Crippen LogP contribution < -0.4 is 66.2 Å². The normalized spacial score (nSPS) is 17.5. The first kappa shape index (κ1) is 34.4. The molecule has 3 atom stereocenters. The van der Waals surface area contributed by atoms with E-state index in [4.69, 9.17) is 15.0 Å². The average molecular weight is 600 g/mol. The Labute approximate surface area is 282 Å². The second-order valence-electron chi connectivity index (χ2n) is 9.78. The number of nitrogens with one attached hydrogen (secondary N) is 2. The van der Waals surface area contributed by atoms with Gasteiger partial charge in [0.2, 0.25) is 0 Å². The molecule has 0 radical (unpaired) electrons. The Morgan fingerprint density at radius 1 is 1.36 bits per heavy atom. The van der Waals surface area contributed by atoms with E-state index in [1.54, 1.807) is 25.3 Å². The fourth-order valence-corrected chi connectivity index (χ4v) is 5.32. The predicted octanol–water partition coefficient (Wildman–Crippen LogP) is 4.23. The number of allylic oxidation sites excluding steroid dienone is 2. The maximum atomic E-state index is 15.3. The summed E-state index contributed by atoms with van der Waals surface area (Å²) in [4.78, 5) is 10.8. The number of aromatic nitrogens is 2. The summed E-state index contributed by atoms with van der Waals surface area (Å²) in [6.07, 6.45) is 4.60. The third-order valence-electron chi connectivity index (χ3n) is 6.20. The molecular weight excluding hydrogens is 561 g/mol. The Kier molecular flexibility index (Phi) is 14.6. The quantitative estimate of drug-likeness (QED) is 0.280. The standard InChI is InChI=1S/C28H39FN5O2S2.K/c1-8-19(6)26(36-24-12-11-22(25(29)20(24)7)34-38(35)18(4)5)27(37-17(2)3)23-13-15-31-28(33-23)32-21-10-9-14-30-16-21;/h11-13,15,18-19,21,30,34H,2,8-10,14,16H2,1,3-7H3;/q-1;+1/b27-26+;. The molecule has 2 aromatic rings. The van der Waals surface area contributed by atoms with Crippen LogP contribution in [0.15, 0.2) is 41.6 Å². The molecule has 0 aliphatic carbocycles. The maximum Gasteiger partial charge on any atom is 1.00 e. The number of ether oxygens (including phenoxy) is 1. The van der Waals surface area contributed by atoms with Gasteiger partial charge < -0.3 is 30.1 Å². The van der Waals surface area contributed by atoms with E-state index in [0.717, 1.165) is 42.2 Å². The Morgan fingerprint density at radius 3 is 2.72 bits per heavy atom. The van der Waals surface area contributed by atoms with Crippen molar-refractivity contribution >= 4 is 39.3 Å². The second-order valence-corrected chi connectivity index (χ2v) is 12.8. The van der Waals surface area contributed by atoms with Crippen LogP contribution in [0.5, 0.6) is 5.75 Å². The third kappa shape index (κ3) is 9.91. The molecule has 0 amide bonds. The summed E-state index contributed by atoms with van der Waals surface area (Å²) in [5.41, 5.74) is 1.21. The van der Waals surface area contributed by atoms with Gasteiger partial charge in [-0.25, -0.2) is 8.60 Å². The largest absolute Gasteiger partial charge is 1.00 e. The molecule has 3 unspecified atom stereocenters. The molecule has 208 valence electrons. The number of benzene rings is 1. The van der Waals surface area contributed by atoms with Crippen LogP contribution in [0.25, 0.3) is 10.2 Å². The summed E-state index contributed by atoms with van der Waals surface area (Å²) in [6.45, 7) is 17.3. The zero-order valence-electron chi connectivity index (χ0n) is 24.1. The average Bonchev–Trinajstić information content (AvgIpc) is 2.90. The fraction of sp³-hybridized carbons (Fsp3) is 0.500. The Bertz CT molecular complexity index is 1190. The fourth-order valence-electron chi connectivity index (χ4n) is 3.80. The van der Waals surface area contributed by atoms with Crippen molar-refractivity contribution in [1.29, 1.82) is 0 Å². The number of hydrogen-bond acceptors (Lipinski definition) is 6. The number of rotatable bonds is 12. The molecule has 7 nitrogen and oxygen atoms in total. The van der Waals surface area contributed by atoms with E-state index in [9.17, 15) is 4.21 Å². The molecule has 11 heteroatoms. The molecular formula is C28H39FKN5O2S2. The molecule has 1 aromatic carbocycles. The van der Waals surface area contributed by atoms with E-state index in [0.29, 0.717) is 28.7 Å². The van der Waals surface area contributed by atoms with Gasteiger partial charge in [0, 0.05) is 41.0 Å². The van der Waals surface area contributed by atoms with Crippen molar-refractivity contribution in [1.82, 2.24) is 15.3 Å². The first-order chi connectivity index (χ1) is 18.1. The van der Waals surface area contributed by atoms with Crippen molar-refractivity contribution in [2.75, 3.05) is 17.8 Å².